The van der Waals surface area contributed by atoms with Crippen LogP contribution in [0.1, 0.15) is 26.7 Å². The highest BCUT2D eigenvalue weighted by molar-refractivity contribution is 7.89. The van der Waals surface area contributed by atoms with Gasteiger partial charge in [-0.15, -0.1) is 0 Å². The molecule has 0 aliphatic carbocycles. The molecule has 2 atom stereocenters. The van der Waals surface area contributed by atoms with Crippen molar-refractivity contribution in [2.45, 2.75) is 31.6 Å². The fourth-order valence-electron chi connectivity index (χ4n) is 3.18. The Morgan fingerprint density at radius 3 is 2.56 bits per heavy atom. The zero-order chi connectivity index (χ0) is 18.6. The van der Waals surface area contributed by atoms with Gasteiger partial charge in [-0.2, -0.15) is 9.57 Å². The number of nitrogens with one attached hydrogen (secondary N) is 1. The largest absolute Gasteiger partial charge is 0.378 e. The zero-order valence-corrected chi connectivity index (χ0v) is 15.1. The van der Waals surface area contributed by atoms with E-state index in [1.807, 2.05) is 19.9 Å². The van der Waals surface area contributed by atoms with E-state index in [1.54, 1.807) is 0 Å². The highest BCUT2D eigenvalue weighted by atomic mass is 32.2. The summed E-state index contributed by atoms with van der Waals surface area (Å²) >= 11 is 0. The van der Waals surface area contributed by atoms with Gasteiger partial charge in [0, 0.05) is 25.7 Å². The van der Waals surface area contributed by atoms with Gasteiger partial charge in [0.2, 0.25) is 10.0 Å². The third-order valence-electron chi connectivity index (χ3n) is 4.19. The first kappa shape index (κ1) is 19.1. The predicted molar refractivity (Wildman–Crippen MR) is 93.5 cm³/mol. The molecule has 9 heteroatoms. The van der Waals surface area contributed by atoms with Gasteiger partial charge in [-0.05, 0) is 30.4 Å². The fourth-order valence-corrected chi connectivity index (χ4v) is 4.88. The molecule has 1 aliphatic heterocycles. The lowest BCUT2D eigenvalue weighted by atomic mass is 9.94. The van der Waals surface area contributed by atoms with E-state index in [2.05, 4.69) is 5.32 Å². The Bertz CT molecular complexity index is 778. The molecule has 0 saturated carbocycles. The van der Waals surface area contributed by atoms with Crippen LogP contribution in [0, 0.1) is 33.3 Å². The van der Waals surface area contributed by atoms with Crippen molar-refractivity contribution in [1.82, 2.24) is 4.31 Å². The van der Waals surface area contributed by atoms with Crippen LogP contribution in [-0.2, 0) is 10.0 Å². The maximum Gasteiger partial charge on any atom is 0.293 e. The normalized spacial score (nSPS) is 21.5. The molecular formula is C16H22N4O4S. The first-order valence-electron chi connectivity index (χ1n) is 8.15. The molecule has 1 aromatic rings. The van der Waals surface area contributed by atoms with Gasteiger partial charge in [-0.25, -0.2) is 8.42 Å². The number of sulfonamides is 1. The summed E-state index contributed by atoms with van der Waals surface area (Å²) in [6.07, 6.45) is 1.16. The standard InChI is InChI=1S/C16H22N4O4S/c1-12-8-13(2)11-19(10-12)25(23,24)14-4-5-15(18-7-3-6-17)16(9-14)20(21)22/h4-5,9,12-13,18H,3,7-8,10-11H2,1-2H3/t12-,13-/m0/s1. The molecule has 1 N–H and O–H groups in total. The van der Waals surface area contributed by atoms with Crippen LogP contribution in [0.25, 0.3) is 0 Å². The topological polar surface area (TPSA) is 116 Å². The number of benzene rings is 1. The van der Waals surface area contributed by atoms with E-state index in [0.29, 0.717) is 13.1 Å². The lowest BCUT2D eigenvalue weighted by molar-refractivity contribution is -0.384. The van der Waals surface area contributed by atoms with Gasteiger partial charge in [0.25, 0.3) is 5.69 Å². The second-order valence-electron chi connectivity index (χ2n) is 6.54. The average Bonchev–Trinajstić information content (AvgIpc) is 2.54. The van der Waals surface area contributed by atoms with E-state index < -0.39 is 14.9 Å². The molecule has 2 rings (SSSR count). The third kappa shape index (κ3) is 4.46. The van der Waals surface area contributed by atoms with E-state index in [0.717, 1.165) is 12.5 Å². The van der Waals surface area contributed by atoms with Gasteiger partial charge in [-0.1, -0.05) is 13.8 Å². The van der Waals surface area contributed by atoms with Crippen molar-refractivity contribution in [3.05, 3.63) is 28.3 Å². The highest BCUT2D eigenvalue weighted by Gasteiger charge is 2.33. The minimum atomic E-state index is -3.78. The summed E-state index contributed by atoms with van der Waals surface area (Å²) in [6.45, 7) is 5.10. The molecule has 8 nitrogen and oxygen atoms in total. The summed E-state index contributed by atoms with van der Waals surface area (Å²) in [5.74, 6) is 0.501. The summed E-state index contributed by atoms with van der Waals surface area (Å²) in [6, 6.07) is 5.79. The summed E-state index contributed by atoms with van der Waals surface area (Å²) < 4.78 is 27.1. The Morgan fingerprint density at radius 2 is 2.00 bits per heavy atom. The summed E-state index contributed by atoms with van der Waals surface area (Å²) in [5, 5.41) is 22.7. The number of hydrogen-bond donors (Lipinski definition) is 1. The van der Waals surface area contributed by atoms with Gasteiger partial charge in [0.1, 0.15) is 5.69 Å². The van der Waals surface area contributed by atoms with E-state index in [-0.39, 0.29) is 41.1 Å². The molecular weight excluding hydrogens is 344 g/mol. The van der Waals surface area contributed by atoms with E-state index in [9.17, 15) is 18.5 Å². The molecule has 0 aromatic heterocycles. The Hall–Kier alpha value is -2.18. The third-order valence-corrected chi connectivity index (χ3v) is 6.02. The Morgan fingerprint density at radius 1 is 1.36 bits per heavy atom. The average molecular weight is 366 g/mol. The van der Waals surface area contributed by atoms with Crippen molar-refractivity contribution in [2.75, 3.05) is 25.0 Å². The zero-order valence-electron chi connectivity index (χ0n) is 14.3. The molecule has 1 aromatic carbocycles. The van der Waals surface area contributed by atoms with Gasteiger partial charge in [-0.3, -0.25) is 10.1 Å². The predicted octanol–water partition coefficient (Wildman–Crippen LogP) is 2.59. The van der Waals surface area contributed by atoms with Crippen LogP contribution in [0.2, 0.25) is 0 Å². The first-order chi connectivity index (χ1) is 11.8. The molecule has 1 fully saturated rings. The van der Waals surface area contributed by atoms with Crippen molar-refractivity contribution in [3.63, 3.8) is 0 Å². The van der Waals surface area contributed by atoms with Crippen molar-refractivity contribution in [2.24, 2.45) is 11.8 Å². The molecule has 1 heterocycles. The van der Waals surface area contributed by atoms with E-state index in [1.165, 1.54) is 16.4 Å². The number of nitriles is 1. The number of anilines is 1. The molecule has 0 bridgehead atoms. The molecule has 0 spiro atoms. The minimum Gasteiger partial charge on any atom is -0.378 e. The second kappa shape index (κ2) is 7.80. The molecule has 0 unspecified atom stereocenters. The number of nitro benzene ring substituents is 1. The monoisotopic (exact) mass is 366 g/mol. The molecule has 136 valence electrons. The van der Waals surface area contributed by atoms with E-state index in [4.69, 9.17) is 5.26 Å². The molecule has 1 saturated heterocycles. The van der Waals surface area contributed by atoms with Crippen LogP contribution < -0.4 is 5.32 Å². The van der Waals surface area contributed by atoms with Crippen LogP contribution in [0.3, 0.4) is 0 Å². The molecule has 0 amide bonds. The fraction of sp³-hybridized carbons (Fsp3) is 0.562. The maximum absolute atomic E-state index is 12.9. The lowest BCUT2D eigenvalue weighted by Crippen LogP contribution is -2.42. The summed E-state index contributed by atoms with van der Waals surface area (Å²) in [5.41, 5.74) is -0.100. The summed E-state index contributed by atoms with van der Waals surface area (Å²) in [4.78, 5) is 10.6. The van der Waals surface area contributed by atoms with Crippen LogP contribution in [0.5, 0.6) is 0 Å². The van der Waals surface area contributed by atoms with Crippen LogP contribution in [0.4, 0.5) is 11.4 Å². The molecule has 1 aliphatic rings. The SMILES string of the molecule is C[C@H]1C[C@H](C)CN(S(=O)(=O)c2ccc(NCCC#N)c([N+](=O)[O-])c2)C1. The lowest BCUT2D eigenvalue weighted by Gasteiger charge is -2.34. The Balaban J connectivity index is 2.33. The van der Waals surface area contributed by atoms with Crippen LogP contribution >= 0.6 is 0 Å². The smallest absolute Gasteiger partial charge is 0.293 e. The van der Waals surface area contributed by atoms with Gasteiger partial charge < -0.3 is 5.32 Å². The molecule has 25 heavy (non-hydrogen) atoms. The number of rotatable bonds is 6. The second-order valence-corrected chi connectivity index (χ2v) is 8.48. The van der Waals surface area contributed by atoms with Crippen LogP contribution in [0.15, 0.2) is 23.1 Å². The van der Waals surface area contributed by atoms with Crippen molar-refractivity contribution >= 4 is 21.4 Å². The highest BCUT2D eigenvalue weighted by Crippen LogP contribution is 2.31. The van der Waals surface area contributed by atoms with Crippen LogP contribution in [-0.4, -0.2) is 37.3 Å². The number of hydrogen-bond acceptors (Lipinski definition) is 6. The number of nitro groups is 1. The van der Waals surface area contributed by atoms with Gasteiger partial charge in [0.05, 0.1) is 22.3 Å². The minimum absolute atomic E-state index is 0.0775. The Labute approximate surface area is 147 Å². The number of nitrogens with zero attached hydrogens (tertiary/aromatic N) is 3. The summed E-state index contributed by atoms with van der Waals surface area (Å²) in [7, 11) is -3.78. The number of piperidine rings is 1. The van der Waals surface area contributed by atoms with E-state index >= 15 is 0 Å². The van der Waals surface area contributed by atoms with Gasteiger partial charge >= 0.3 is 0 Å². The van der Waals surface area contributed by atoms with Crippen molar-refractivity contribution < 1.29 is 13.3 Å². The van der Waals surface area contributed by atoms with Gasteiger partial charge in [0.15, 0.2) is 0 Å². The first-order valence-corrected chi connectivity index (χ1v) is 9.59. The van der Waals surface area contributed by atoms with Crippen molar-refractivity contribution in [3.8, 4) is 6.07 Å². The molecule has 0 radical (unpaired) electrons. The maximum atomic E-state index is 12.9. The van der Waals surface area contributed by atoms with Crippen molar-refractivity contribution in [1.29, 1.82) is 5.26 Å². The quantitative estimate of drug-likeness (QED) is 0.470. The Kier molecular flexibility index (Phi) is 5.98.